The lowest BCUT2D eigenvalue weighted by atomic mass is 10.1. The quantitative estimate of drug-likeness (QED) is 0.245. The van der Waals surface area contributed by atoms with E-state index in [0.717, 1.165) is 14.3 Å². The first-order valence-electron chi connectivity index (χ1n) is 13.4. The van der Waals surface area contributed by atoms with E-state index in [9.17, 15) is 18.0 Å². The summed E-state index contributed by atoms with van der Waals surface area (Å²) in [7, 11) is -0.213. The number of carbonyl (C=O) groups is 2. The molecule has 0 aliphatic heterocycles. The molecule has 232 valence electrons. The number of sulfonamides is 1. The predicted molar refractivity (Wildman–Crippen MR) is 170 cm³/mol. The number of hydrogen-bond acceptors (Lipinski definition) is 7. The molecule has 0 aliphatic carbocycles. The van der Waals surface area contributed by atoms with Gasteiger partial charge in [-0.25, -0.2) is 8.42 Å². The average Bonchev–Trinajstić information content (AvgIpc) is 3.01. The molecule has 1 N–H and O–H groups in total. The Kier molecular flexibility index (Phi) is 12.1. The second-order valence-corrected chi connectivity index (χ2v) is 12.7. The number of ether oxygens (including phenoxy) is 3. The fourth-order valence-corrected chi connectivity index (χ4v) is 6.10. The standard InChI is InChI=1S/C30H35BrClN3O7S/c1-6-15-33-30(37)20(2)34(18-21-7-9-22(31)10-8-21)29(36)19-35(25-16-23(32)11-13-26(25)40-3)43(38,39)24-12-14-27(41-4)28(17-24)42-5/h7-14,16-17,20H,6,15,18-19H2,1-5H3,(H,33,37)/t20-/m1/s1. The van der Waals surface area contributed by atoms with Crippen LogP contribution in [0.2, 0.25) is 5.02 Å². The number of methoxy groups -OCH3 is 3. The Hall–Kier alpha value is -3.48. The molecule has 0 saturated heterocycles. The molecular weight excluding hydrogens is 662 g/mol. The first kappa shape index (κ1) is 34.0. The van der Waals surface area contributed by atoms with Gasteiger partial charge in [-0.2, -0.15) is 0 Å². The van der Waals surface area contributed by atoms with Gasteiger partial charge >= 0.3 is 0 Å². The van der Waals surface area contributed by atoms with Crippen LogP contribution in [0.1, 0.15) is 25.8 Å². The maximum Gasteiger partial charge on any atom is 0.265 e. The minimum atomic E-state index is -4.42. The van der Waals surface area contributed by atoms with Crippen LogP contribution in [0.3, 0.4) is 0 Å². The van der Waals surface area contributed by atoms with Gasteiger partial charge in [-0.1, -0.05) is 46.6 Å². The van der Waals surface area contributed by atoms with Crippen molar-refractivity contribution in [2.45, 2.75) is 37.8 Å². The normalized spacial score (nSPS) is 11.8. The number of rotatable bonds is 14. The minimum Gasteiger partial charge on any atom is -0.495 e. The number of halogens is 2. The minimum absolute atomic E-state index is 0.0461. The van der Waals surface area contributed by atoms with Gasteiger partial charge in [0.15, 0.2) is 11.5 Å². The molecule has 0 aliphatic rings. The fraction of sp³-hybridized carbons (Fsp3) is 0.333. The molecule has 0 radical (unpaired) electrons. The molecule has 0 fully saturated rings. The third-order valence-electron chi connectivity index (χ3n) is 6.61. The molecule has 0 bridgehead atoms. The largest absolute Gasteiger partial charge is 0.495 e. The lowest BCUT2D eigenvalue weighted by Gasteiger charge is -2.32. The van der Waals surface area contributed by atoms with Gasteiger partial charge in [0.2, 0.25) is 11.8 Å². The molecule has 10 nitrogen and oxygen atoms in total. The van der Waals surface area contributed by atoms with Crippen molar-refractivity contribution in [2.24, 2.45) is 0 Å². The summed E-state index contributed by atoms with van der Waals surface area (Å²) in [6, 6.07) is 15.0. The first-order valence-corrected chi connectivity index (χ1v) is 16.0. The Balaban J connectivity index is 2.13. The number of nitrogens with zero attached hydrogens (tertiary/aromatic N) is 2. The van der Waals surface area contributed by atoms with Gasteiger partial charge in [-0.05, 0) is 61.4 Å². The average molecular weight is 697 g/mol. The van der Waals surface area contributed by atoms with Crippen molar-refractivity contribution < 1.29 is 32.2 Å². The van der Waals surface area contributed by atoms with E-state index in [2.05, 4.69) is 21.2 Å². The maximum absolute atomic E-state index is 14.3. The third-order valence-corrected chi connectivity index (χ3v) is 9.13. The molecule has 13 heteroatoms. The summed E-state index contributed by atoms with van der Waals surface area (Å²) in [6.07, 6.45) is 0.713. The number of hydrogen-bond donors (Lipinski definition) is 1. The molecule has 43 heavy (non-hydrogen) atoms. The molecule has 2 amide bonds. The molecule has 0 heterocycles. The van der Waals surface area contributed by atoms with E-state index in [4.69, 9.17) is 25.8 Å². The van der Waals surface area contributed by atoms with Crippen LogP contribution in [-0.2, 0) is 26.2 Å². The topological polar surface area (TPSA) is 114 Å². The van der Waals surface area contributed by atoms with Crippen molar-refractivity contribution in [3.05, 3.63) is 75.7 Å². The summed E-state index contributed by atoms with van der Waals surface area (Å²) in [4.78, 5) is 28.3. The van der Waals surface area contributed by atoms with Crippen molar-refractivity contribution in [3.8, 4) is 17.2 Å². The zero-order valence-electron chi connectivity index (χ0n) is 24.6. The van der Waals surface area contributed by atoms with Gasteiger partial charge in [0.05, 0.1) is 31.9 Å². The van der Waals surface area contributed by atoms with Crippen LogP contribution in [-0.4, -0.2) is 65.6 Å². The fourth-order valence-electron chi connectivity index (χ4n) is 4.24. The van der Waals surface area contributed by atoms with Gasteiger partial charge in [0.1, 0.15) is 18.3 Å². The van der Waals surface area contributed by atoms with E-state index in [-0.39, 0.29) is 39.6 Å². The Bertz CT molecular complexity index is 1540. The summed E-state index contributed by atoms with van der Waals surface area (Å²) in [6.45, 7) is 3.36. The summed E-state index contributed by atoms with van der Waals surface area (Å²) >= 11 is 9.70. The molecular formula is C30H35BrClN3O7S. The maximum atomic E-state index is 14.3. The van der Waals surface area contributed by atoms with E-state index in [1.807, 2.05) is 31.2 Å². The zero-order valence-corrected chi connectivity index (χ0v) is 27.8. The van der Waals surface area contributed by atoms with Crippen LogP contribution in [0.4, 0.5) is 5.69 Å². The van der Waals surface area contributed by atoms with Crippen LogP contribution in [0, 0.1) is 0 Å². The Morgan fingerprint density at radius 2 is 1.56 bits per heavy atom. The summed E-state index contributed by atoms with van der Waals surface area (Å²) in [5.41, 5.74) is 0.797. The number of carbonyl (C=O) groups excluding carboxylic acids is 2. The van der Waals surface area contributed by atoms with Crippen LogP contribution < -0.4 is 23.8 Å². The molecule has 0 spiro atoms. The smallest absolute Gasteiger partial charge is 0.265 e. The van der Waals surface area contributed by atoms with Gasteiger partial charge in [0.25, 0.3) is 10.0 Å². The number of amides is 2. The van der Waals surface area contributed by atoms with Crippen molar-refractivity contribution in [3.63, 3.8) is 0 Å². The van der Waals surface area contributed by atoms with Crippen molar-refractivity contribution in [1.29, 1.82) is 0 Å². The lowest BCUT2D eigenvalue weighted by molar-refractivity contribution is -0.139. The highest BCUT2D eigenvalue weighted by molar-refractivity contribution is 9.10. The SMILES string of the molecule is CCCNC(=O)[C@@H](C)N(Cc1ccc(Br)cc1)C(=O)CN(c1cc(Cl)ccc1OC)S(=O)(=O)c1ccc(OC)c(OC)c1. The van der Waals surface area contributed by atoms with Gasteiger partial charge in [-0.3, -0.25) is 13.9 Å². The van der Waals surface area contributed by atoms with Crippen molar-refractivity contribution in [2.75, 3.05) is 38.7 Å². The van der Waals surface area contributed by atoms with E-state index in [0.29, 0.717) is 18.7 Å². The number of benzene rings is 3. The van der Waals surface area contributed by atoms with E-state index in [1.165, 1.54) is 56.6 Å². The van der Waals surface area contributed by atoms with Gasteiger partial charge < -0.3 is 24.4 Å². The molecule has 3 aromatic carbocycles. The van der Waals surface area contributed by atoms with Crippen molar-refractivity contribution in [1.82, 2.24) is 10.2 Å². The molecule has 1 atom stereocenters. The number of nitrogens with one attached hydrogen (secondary N) is 1. The van der Waals surface area contributed by atoms with Crippen LogP contribution in [0.15, 0.2) is 70.0 Å². The monoisotopic (exact) mass is 695 g/mol. The molecule has 3 rings (SSSR count). The lowest BCUT2D eigenvalue weighted by Crippen LogP contribution is -2.51. The Morgan fingerprint density at radius 3 is 2.16 bits per heavy atom. The van der Waals surface area contributed by atoms with E-state index in [1.54, 1.807) is 13.0 Å². The highest BCUT2D eigenvalue weighted by Crippen LogP contribution is 2.37. The third kappa shape index (κ3) is 8.33. The Labute approximate surface area is 266 Å². The van der Waals surface area contributed by atoms with Gasteiger partial charge in [-0.15, -0.1) is 0 Å². The second-order valence-electron chi connectivity index (χ2n) is 9.46. The highest BCUT2D eigenvalue weighted by atomic mass is 79.9. The zero-order chi connectivity index (χ0) is 31.7. The van der Waals surface area contributed by atoms with Crippen molar-refractivity contribution >= 4 is 55.1 Å². The molecule has 3 aromatic rings. The highest BCUT2D eigenvalue weighted by Gasteiger charge is 2.34. The van der Waals surface area contributed by atoms with Crippen LogP contribution >= 0.6 is 27.5 Å². The number of anilines is 1. The first-order chi connectivity index (χ1) is 20.5. The molecule has 0 saturated carbocycles. The second kappa shape index (κ2) is 15.3. The van der Waals surface area contributed by atoms with Gasteiger partial charge in [0, 0.05) is 28.7 Å². The summed E-state index contributed by atoms with van der Waals surface area (Å²) < 4.78 is 46.3. The van der Waals surface area contributed by atoms with E-state index < -0.39 is 28.5 Å². The molecule has 0 aromatic heterocycles. The summed E-state index contributed by atoms with van der Waals surface area (Å²) in [5.74, 6) is -0.285. The molecule has 0 unspecified atom stereocenters. The summed E-state index contributed by atoms with van der Waals surface area (Å²) in [5, 5.41) is 3.05. The van der Waals surface area contributed by atoms with Crippen LogP contribution in [0.5, 0.6) is 17.2 Å². The predicted octanol–water partition coefficient (Wildman–Crippen LogP) is 5.27. The van der Waals surface area contributed by atoms with Crippen LogP contribution in [0.25, 0.3) is 0 Å². The Morgan fingerprint density at radius 1 is 0.930 bits per heavy atom. The van der Waals surface area contributed by atoms with E-state index >= 15 is 0 Å².